The molecule has 39 heavy (non-hydrogen) atoms. The molecule has 0 saturated heterocycles. The van der Waals surface area contributed by atoms with Crippen LogP contribution in [0.3, 0.4) is 0 Å². The molecule has 6 rings (SSSR count). The molecular weight excluding hydrogens is 488 g/mol. The van der Waals surface area contributed by atoms with Crippen molar-refractivity contribution < 1.29 is 19.4 Å². The number of carboxylic acid groups (broad SMARTS) is 1. The van der Waals surface area contributed by atoms with E-state index in [-0.39, 0.29) is 11.5 Å². The smallest absolute Gasteiger partial charge is 0.335 e. The number of para-hydroxylation sites is 1. The summed E-state index contributed by atoms with van der Waals surface area (Å²) in [7, 11) is 0. The van der Waals surface area contributed by atoms with Crippen LogP contribution >= 0.6 is 0 Å². The molecule has 1 amide bonds. The number of hydrogen-bond donors (Lipinski definition) is 2. The predicted octanol–water partition coefficient (Wildman–Crippen LogP) is 7.11. The number of nitrogens with one attached hydrogen (secondary N) is 1. The Morgan fingerprint density at radius 1 is 0.949 bits per heavy atom. The van der Waals surface area contributed by atoms with Crippen LogP contribution in [0.2, 0.25) is 0 Å². The van der Waals surface area contributed by atoms with Crippen LogP contribution < -0.4 is 10.1 Å². The lowest BCUT2D eigenvalue weighted by molar-refractivity contribution is 0.0696. The maximum absolute atomic E-state index is 13.6. The van der Waals surface area contributed by atoms with Gasteiger partial charge in [0.15, 0.2) is 0 Å². The highest BCUT2D eigenvalue weighted by atomic mass is 16.5. The SMILES string of the molecule is CC(C)(NC(=O)c1ccc2c(C3CCCCC3)c3n(c2c1)CCOc1ccccc1-3)c1ccc(C(=O)O)cc1. The van der Waals surface area contributed by atoms with E-state index in [4.69, 9.17) is 4.74 Å². The van der Waals surface area contributed by atoms with E-state index in [1.54, 1.807) is 24.3 Å². The number of aromatic carboxylic acids is 1. The topological polar surface area (TPSA) is 80.6 Å². The normalized spacial score (nSPS) is 15.6. The third kappa shape index (κ3) is 4.58. The molecule has 6 heteroatoms. The van der Waals surface area contributed by atoms with Gasteiger partial charge in [0.2, 0.25) is 0 Å². The Kier molecular flexibility index (Phi) is 6.42. The first-order chi connectivity index (χ1) is 18.8. The summed E-state index contributed by atoms with van der Waals surface area (Å²) >= 11 is 0. The minimum atomic E-state index is -0.969. The van der Waals surface area contributed by atoms with E-state index in [1.807, 2.05) is 32.0 Å². The van der Waals surface area contributed by atoms with Crippen LogP contribution in [0.5, 0.6) is 5.75 Å². The van der Waals surface area contributed by atoms with Crippen molar-refractivity contribution >= 4 is 22.8 Å². The summed E-state index contributed by atoms with van der Waals surface area (Å²) in [5.74, 6) is 0.286. The zero-order valence-electron chi connectivity index (χ0n) is 22.5. The van der Waals surface area contributed by atoms with E-state index in [0.717, 1.165) is 28.9 Å². The molecule has 3 aromatic carbocycles. The summed E-state index contributed by atoms with van der Waals surface area (Å²) in [4.78, 5) is 24.8. The van der Waals surface area contributed by atoms with Gasteiger partial charge in [-0.05, 0) is 80.1 Å². The fraction of sp³-hybridized carbons (Fsp3) is 0.333. The third-order valence-corrected chi connectivity index (χ3v) is 8.37. The van der Waals surface area contributed by atoms with E-state index in [2.05, 4.69) is 34.1 Å². The molecule has 4 aromatic rings. The molecule has 0 unspecified atom stereocenters. The van der Waals surface area contributed by atoms with E-state index >= 15 is 0 Å². The van der Waals surface area contributed by atoms with Crippen molar-refractivity contribution in [2.24, 2.45) is 0 Å². The molecule has 1 aromatic heterocycles. The number of carboxylic acids is 1. The molecule has 1 saturated carbocycles. The Balaban J connectivity index is 1.41. The van der Waals surface area contributed by atoms with E-state index in [1.165, 1.54) is 48.7 Å². The molecule has 6 nitrogen and oxygen atoms in total. The summed E-state index contributed by atoms with van der Waals surface area (Å²) in [6.07, 6.45) is 6.16. The van der Waals surface area contributed by atoms with Crippen molar-refractivity contribution in [2.45, 2.75) is 64.0 Å². The van der Waals surface area contributed by atoms with Gasteiger partial charge in [0.05, 0.1) is 23.3 Å². The number of fused-ring (bicyclic) bond motifs is 5. The maximum Gasteiger partial charge on any atom is 0.335 e. The number of hydrogen-bond acceptors (Lipinski definition) is 3. The first kappa shape index (κ1) is 25.2. The number of benzene rings is 3. The zero-order valence-corrected chi connectivity index (χ0v) is 22.5. The molecule has 0 spiro atoms. The minimum absolute atomic E-state index is 0.163. The van der Waals surface area contributed by atoms with Crippen LogP contribution in [0, 0.1) is 0 Å². The van der Waals surface area contributed by atoms with Crippen LogP contribution in [0.25, 0.3) is 22.2 Å². The number of carbonyl (C=O) groups excluding carboxylic acids is 1. The second kappa shape index (κ2) is 9.92. The molecule has 2 heterocycles. The Morgan fingerprint density at radius 3 is 2.41 bits per heavy atom. The summed E-state index contributed by atoms with van der Waals surface area (Å²) in [5.41, 5.74) is 5.82. The fourth-order valence-corrected chi connectivity index (χ4v) is 6.34. The molecule has 2 N–H and O–H groups in total. The van der Waals surface area contributed by atoms with Crippen LogP contribution in [-0.4, -0.2) is 28.2 Å². The number of amides is 1. The van der Waals surface area contributed by atoms with Crippen molar-refractivity contribution in [2.75, 3.05) is 6.61 Å². The summed E-state index contributed by atoms with van der Waals surface area (Å²) < 4.78 is 8.52. The first-order valence-electron chi connectivity index (χ1n) is 13.9. The standard InChI is InChI=1S/C33H34N2O4/c1-33(2,24-15-12-22(13-16-24)32(37)38)34-31(36)23-14-17-25-27(20-23)35-18-19-39-28-11-7-6-10-26(28)30(35)29(25)21-8-4-3-5-9-21/h6-7,10-17,20-21H,3-5,8-9,18-19H2,1-2H3,(H,34,36)(H,37,38). The maximum atomic E-state index is 13.6. The lowest BCUT2D eigenvalue weighted by Gasteiger charge is -2.27. The second-order valence-corrected chi connectivity index (χ2v) is 11.3. The van der Waals surface area contributed by atoms with Crippen LogP contribution in [0.1, 0.15) is 83.7 Å². The van der Waals surface area contributed by atoms with Crippen molar-refractivity contribution in [3.05, 3.63) is 89.0 Å². The molecule has 2 aliphatic rings. The number of carbonyl (C=O) groups is 2. The van der Waals surface area contributed by atoms with Gasteiger partial charge >= 0.3 is 5.97 Å². The van der Waals surface area contributed by atoms with Gasteiger partial charge in [0.25, 0.3) is 5.91 Å². The summed E-state index contributed by atoms with van der Waals surface area (Å²) in [5, 5.41) is 13.6. The van der Waals surface area contributed by atoms with Gasteiger partial charge in [-0.25, -0.2) is 4.79 Å². The van der Waals surface area contributed by atoms with Crippen LogP contribution in [-0.2, 0) is 12.1 Å². The largest absolute Gasteiger partial charge is 0.491 e. The van der Waals surface area contributed by atoms with Gasteiger partial charge in [-0.1, -0.05) is 49.6 Å². The van der Waals surface area contributed by atoms with Crippen LogP contribution in [0.4, 0.5) is 0 Å². The molecule has 1 aliphatic heterocycles. The molecule has 0 bridgehead atoms. The highest BCUT2D eigenvalue weighted by molar-refractivity contribution is 6.01. The molecule has 1 fully saturated rings. The average molecular weight is 523 g/mol. The van der Waals surface area contributed by atoms with Gasteiger partial charge in [-0.3, -0.25) is 4.79 Å². The Labute approximate surface area is 228 Å². The van der Waals surface area contributed by atoms with Gasteiger partial charge < -0.3 is 19.7 Å². The average Bonchev–Trinajstić information content (AvgIpc) is 3.14. The molecule has 0 atom stereocenters. The van der Waals surface area contributed by atoms with Gasteiger partial charge in [-0.2, -0.15) is 0 Å². The Bertz CT molecular complexity index is 1560. The van der Waals surface area contributed by atoms with Crippen molar-refractivity contribution in [3.8, 4) is 17.0 Å². The van der Waals surface area contributed by atoms with E-state index in [0.29, 0.717) is 18.1 Å². The summed E-state index contributed by atoms with van der Waals surface area (Å²) in [6, 6.07) is 21.1. The van der Waals surface area contributed by atoms with Gasteiger partial charge in [-0.15, -0.1) is 0 Å². The monoisotopic (exact) mass is 522 g/mol. The highest BCUT2D eigenvalue weighted by Crippen LogP contribution is 2.47. The lowest BCUT2D eigenvalue weighted by Crippen LogP contribution is -2.41. The number of aromatic nitrogens is 1. The Morgan fingerprint density at radius 2 is 1.67 bits per heavy atom. The lowest BCUT2D eigenvalue weighted by atomic mass is 9.81. The third-order valence-electron chi connectivity index (χ3n) is 8.37. The van der Waals surface area contributed by atoms with Gasteiger partial charge in [0.1, 0.15) is 12.4 Å². The number of rotatable bonds is 5. The zero-order chi connectivity index (χ0) is 27.1. The van der Waals surface area contributed by atoms with Gasteiger partial charge in [0, 0.05) is 22.0 Å². The fourth-order valence-electron chi connectivity index (χ4n) is 6.34. The first-order valence-corrected chi connectivity index (χ1v) is 13.9. The van der Waals surface area contributed by atoms with Crippen LogP contribution in [0.15, 0.2) is 66.7 Å². The van der Waals surface area contributed by atoms with Crippen molar-refractivity contribution in [1.82, 2.24) is 9.88 Å². The number of ether oxygens (including phenoxy) is 1. The Hall–Kier alpha value is -4.06. The molecular formula is C33H34N2O4. The van der Waals surface area contributed by atoms with E-state index in [9.17, 15) is 14.7 Å². The quantitative estimate of drug-likeness (QED) is 0.293. The minimum Gasteiger partial charge on any atom is -0.491 e. The van der Waals surface area contributed by atoms with Crippen molar-refractivity contribution in [1.29, 1.82) is 0 Å². The second-order valence-electron chi connectivity index (χ2n) is 11.3. The summed E-state index contributed by atoms with van der Waals surface area (Å²) in [6.45, 7) is 5.16. The van der Waals surface area contributed by atoms with Crippen molar-refractivity contribution in [3.63, 3.8) is 0 Å². The van der Waals surface area contributed by atoms with E-state index < -0.39 is 11.5 Å². The predicted molar refractivity (Wildman–Crippen MR) is 153 cm³/mol. The molecule has 200 valence electrons. The molecule has 1 aliphatic carbocycles. The highest BCUT2D eigenvalue weighted by Gasteiger charge is 2.30. The number of nitrogens with zero attached hydrogens (tertiary/aromatic N) is 1. The molecule has 0 radical (unpaired) electrons.